The number of amides is 1. The molecule has 2 aliphatic heterocycles. The van der Waals surface area contributed by atoms with Crippen molar-refractivity contribution in [1.29, 1.82) is 0 Å². The van der Waals surface area contributed by atoms with Crippen LogP contribution < -0.4 is 10.2 Å². The molecule has 0 atom stereocenters. The third-order valence-corrected chi connectivity index (χ3v) is 5.49. The molecule has 2 saturated heterocycles. The molecule has 0 saturated carbocycles. The molecule has 6 heteroatoms. The van der Waals surface area contributed by atoms with E-state index in [9.17, 15) is 4.79 Å². The van der Waals surface area contributed by atoms with Crippen molar-refractivity contribution < 1.29 is 4.79 Å². The van der Waals surface area contributed by atoms with Crippen LogP contribution in [0.3, 0.4) is 0 Å². The molecule has 1 N–H and O–H groups in total. The van der Waals surface area contributed by atoms with Gasteiger partial charge < -0.3 is 10.2 Å². The second kappa shape index (κ2) is 4.33. The molecule has 0 radical (unpaired) electrons. The van der Waals surface area contributed by atoms with Gasteiger partial charge in [-0.25, -0.2) is 0 Å². The number of anilines is 1. The number of halogens is 1. The maximum atomic E-state index is 12.6. The van der Waals surface area contributed by atoms with Gasteiger partial charge in [-0.2, -0.15) is 4.37 Å². The number of nitrogens with zero attached hydrogens (tertiary/aromatic N) is 2. The van der Waals surface area contributed by atoms with E-state index in [2.05, 4.69) is 25.6 Å². The first-order valence-corrected chi connectivity index (χ1v) is 7.42. The van der Waals surface area contributed by atoms with Crippen molar-refractivity contribution in [2.75, 3.05) is 24.5 Å². The van der Waals surface area contributed by atoms with Crippen LogP contribution in [0.4, 0.5) is 5.00 Å². The Morgan fingerprint density at radius 2 is 2.18 bits per heavy atom. The van der Waals surface area contributed by atoms with Gasteiger partial charge in [-0.1, -0.05) is 0 Å². The first kappa shape index (κ1) is 11.6. The number of rotatable bonds is 1. The minimum Gasteiger partial charge on any atom is -0.317 e. The molecule has 3 rings (SSSR count). The van der Waals surface area contributed by atoms with Gasteiger partial charge >= 0.3 is 0 Å². The molecule has 17 heavy (non-hydrogen) atoms. The van der Waals surface area contributed by atoms with E-state index in [1.54, 1.807) is 6.20 Å². The average Bonchev–Trinajstić information content (AvgIpc) is 2.88. The van der Waals surface area contributed by atoms with Gasteiger partial charge in [0, 0.05) is 6.54 Å². The van der Waals surface area contributed by atoms with Gasteiger partial charge in [-0.3, -0.25) is 4.79 Å². The fourth-order valence-corrected chi connectivity index (χ4v) is 4.12. The average molecular weight is 316 g/mol. The molecule has 0 bridgehead atoms. The largest absolute Gasteiger partial charge is 0.317 e. The van der Waals surface area contributed by atoms with Gasteiger partial charge in [-0.15, -0.1) is 0 Å². The number of carbonyl (C=O) groups excluding carboxylic acids is 1. The van der Waals surface area contributed by atoms with E-state index in [-0.39, 0.29) is 5.41 Å². The van der Waals surface area contributed by atoms with Crippen LogP contribution in [-0.4, -0.2) is 29.9 Å². The molecule has 2 fully saturated rings. The molecule has 0 aliphatic carbocycles. The van der Waals surface area contributed by atoms with E-state index in [4.69, 9.17) is 0 Å². The van der Waals surface area contributed by atoms with Crippen molar-refractivity contribution in [2.24, 2.45) is 5.41 Å². The fraction of sp³-hybridized carbons (Fsp3) is 0.636. The molecule has 0 unspecified atom stereocenters. The van der Waals surface area contributed by atoms with Crippen molar-refractivity contribution in [3.05, 3.63) is 10.7 Å². The Balaban J connectivity index is 1.87. The maximum absolute atomic E-state index is 12.6. The zero-order chi connectivity index (χ0) is 11.9. The summed E-state index contributed by atoms with van der Waals surface area (Å²) < 4.78 is 5.06. The second-order valence-corrected chi connectivity index (χ2v) is 6.35. The van der Waals surface area contributed by atoms with Crippen molar-refractivity contribution >= 4 is 38.4 Å². The van der Waals surface area contributed by atoms with Crippen LogP contribution in [0.25, 0.3) is 0 Å². The van der Waals surface area contributed by atoms with Crippen LogP contribution in [0.1, 0.15) is 19.3 Å². The monoisotopic (exact) mass is 315 g/mol. The molecule has 1 spiro atoms. The number of aromatic nitrogens is 1. The summed E-state index contributed by atoms with van der Waals surface area (Å²) in [7, 11) is 0. The summed E-state index contributed by atoms with van der Waals surface area (Å²) >= 11 is 4.85. The topological polar surface area (TPSA) is 45.2 Å². The molecule has 1 aromatic heterocycles. The highest BCUT2D eigenvalue weighted by Crippen LogP contribution is 2.44. The number of piperidine rings is 1. The molecular formula is C11H14BrN3OS. The lowest BCUT2D eigenvalue weighted by Gasteiger charge is -2.31. The predicted molar refractivity (Wildman–Crippen MR) is 71.3 cm³/mol. The molecule has 0 aromatic carbocycles. The third kappa shape index (κ3) is 1.82. The Labute approximate surface area is 113 Å². The molecular weight excluding hydrogens is 302 g/mol. The standard InChI is InChI=1S/C11H14BrN3OS/c12-8-7-14-17-9(8)15-6-3-11(10(15)16)1-4-13-5-2-11/h7,13H,1-6H2. The number of nitrogens with one attached hydrogen (secondary N) is 1. The van der Waals surface area contributed by atoms with Gasteiger partial charge in [0.2, 0.25) is 5.91 Å². The van der Waals surface area contributed by atoms with Crippen LogP contribution in [0.5, 0.6) is 0 Å². The van der Waals surface area contributed by atoms with E-state index in [1.165, 1.54) is 11.5 Å². The lowest BCUT2D eigenvalue weighted by molar-refractivity contribution is -0.126. The van der Waals surface area contributed by atoms with Crippen LogP contribution >= 0.6 is 27.5 Å². The highest BCUT2D eigenvalue weighted by Gasteiger charge is 2.47. The van der Waals surface area contributed by atoms with E-state index in [0.29, 0.717) is 5.91 Å². The zero-order valence-corrected chi connectivity index (χ0v) is 11.8. The Bertz CT molecular complexity index is 442. The van der Waals surface area contributed by atoms with E-state index in [0.717, 1.165) is 48.4 Å². The van der Waals surface area contributed by atoms with Crippen molar-refractivity contribution in [3.8, 4) is 0 Å². The van der Waals surface area contributed by atoms with E-state index in [1.807, 2.05) is 4.90 Å². The first-order chi connectivity index (χ1) is 8.23. The van der Waals surface area contributed by atoms with Gasteiger partial charge in [0.05, 0.1) is 16.1 Å². The van der Waals surface area contributed by atoms with Gasteiger partial charge in [0.25, 0.3) is 0 Å². The Hall–Kier alpha value is -0.460. The number of hydrogen-bond acceptors (Lipinski definition) is 4. The summed E-state index contributed by atoms with van der Waals surface area (Å²) in [6.45, 7) is 2.76. The summed E-state index contributed by atoms with van der Waals surface area (Å²) in [4.78, 5) is 14.5. The lowest BCUT2D eigenvalue weighted by atomic mass is 9.78. The highest BCUT2D eigenvalue weighted by molar-refractivity contribution is 9.10. The summed E-state index contributed by atoms with van der Waals surface area (Å²) in [5.41, 5.74) is -0.102. The predicted octanol–water partition coefficient (Wildman–Crippen LogP) is 2.01. The zero-order valence-electron chi connectivity index (χ0n) is 9.41. The molecule has 4 nitrogen and oxygen atoms in total. The van der Waals surface area contributed by atoms with Crippen LogP contribution in [0, 0.1) is 5.41 Å². The third-order valence-electron chi connectivity index (χ3n) is 3.83. The molecule has 1 amide bonds. The Morgan fingerprint density at radius 1 is 1.41 bits per heavy atom. The highest BCUT2D eigenvalue weighted by atomic mass is 79.9. The minimum absolute atomic E-state index is 0.102. The van der Waals surface area contributed by atoms with Gasteiger partial charge in [-0.05, 0) is 59.8 Å². The van der Waals surface area contributed by atoms with Gasteiger partial charge in [0.1, 0.15) is 5.00 Å². The molecule has 3 heterocycles. The lowest BCUT2D eigenvalue weighted by Crippen LogP contribution is -2.42. The van der Waals surface area contributed by atoms with Crippen molar-refractivity contribution in [1.82, 2.24) is 9.69 Å². The normalized spacial score (nSPS) is 23.6. The summed E-state index contributed by atoms with van der Waals surface area (Å²) in [6, 6.07) is 0. The quantitative estimate of drug-likeness (QED) is 0.862. The summed E-state index contributed by atoms with van der Waals surface area (Å²) in [6.07, 6.45) is 4.69. The summed E-state index contributed by atoms with van der Waals surface area (Å²) in [5, 5.41) is 4.29. The van der Waals surface area contributed by atoms with E-state index < -0.39 is 0 Å². The second-order valence-electron chi connectivity index (χ2n) is 4.72. The molecule has 1 aromatic rings. The molecule has 92 valence electrons. The number of hydrogen-bond donors (Lipinski definition) is 1. The summed E-state index contributed by atoms with van der Waals surface area (Å²) in [5.74, 6) is 0.295. The van der Waals surface area contributed by atoms with Crippen LogP contribution in [0.2, 0.25) is 0 Å². The van der Waals surface area contributed by atoms with Gasteiger partial charge in [0.15, 0.2) is 0 Å². The van der Waals surface area contributed by atoms with E-state index >= 15 is 0 Å². The smallest absolute Gasteiger partial charge is 0.234 e. The Morgan fingerprint density at radius 3 is 2.82 bits per heavy atom. The van der Waals surface area contributed by atoms with Crippen LogP contribution in [-0.2, 0) is 4.79 Å². The fourth-order valence-electron chi connectivity index (χ4n) is 2.78. The van der Waals surface area contributed by atoms with Crippen molar-refractivity contribution in [3.63, 3.8) is 0 Å². The van der Waals surface area contributed by atoms with Crippen molar-refractivity contribution in [2.45, 2.75) is 19.3 Å². The van der Waals surface area contributed by atoms with Crippen LogP contribution in [0.15, 0.2) is 10.7 Å². The SMILES string of the molecule is O=C1N(c2sncc2Br)CCC12CCNCC2. The number of carbonyl (C=O) groups is 1. The minimum atomic E-state index is -0.102. The Kier molecular flexibility index (Phi) is 2.96. The molecule has 2 aliphatic rings. The first-order valence-electron chi connectivity index (χ1n) is 5.86. The maximum Gasteiger partial charge on any atom is 0.234 e.